The number of nitrogens with zero attached hydrogens (tertiary/aromatic N) is 3. The zero-order valence-corrected chi connectivity index (χ0v) is 12.2. The first-order chi connectivity index (χ1) is 9.25. The number of rotatable bonds is 5. The number of nitrogens with one attached hydrogen (secondary N) is 1. The molecule has 106 valence electrons. The first kappa shape index (κ1) is 13.1. The molecule has 2 aliphatic carbocycles. The van der Waals surface area contributed by atoms with Crippen LogP contribution in [0.2, 0.25) is 0 Å². The van der Waals surface area contributed by atoms with Crippen molar-refractivity contribution in [2.45, 2.75) is 64.5 Å². The van der Waals surface area contributed by atoms with E-state index in [1.807, 2.05) is 6.33 Å². The largest absolute Gasteiger partial charge is 0.316 e. The molecule has 1 aromatic heterocycles. The van der Waals surface area contributed by atoms with Crippen LogP contribution >= 0.6 is 0 Å². The molecular formula is C15H26N4. The fourth-order valence-corrected chi connectivity index (χ4v) is 3.33. The highest BCUT2D eigenvalue weighted by atomic mass is 15.3. The quantitative estimate of drug-likeness (QED) is 0.887. The van der Waals surface area contributed by atoms with E-state index in [1.165, 1.54) is 37.9 Å². The van der Waals surface area contributed by atoms with E-state index in [0.29, 0.717) is 12.0 Å². The molecule has 0 aliphatic heterocycles. The summed E-state index contributed by atoms with van der Waals surface area (Å²) in [5.41, 5.74) is 0. The van der Waals surface area contributed by atoms with Crippen LogP contribution in [0.4, 0.5) is 0 Å². The third-order valence-electron chi connectivity index (χ3n) is 5.05. The minimum atomic E-state index is 0.691. The van der Waals surface area contributed by atoms with Crippen LogP contribution in [0.3, 0.4) is 0 Å². The highest BCUT2D eigenvalue weighted by Crippen LogP contribution is 2.38. The topological polar surface area (TPSA) is 42.7 Å². The van der Waals surface area contributed by atoms with Crippen LogP contribution in [-0.4, -0.2) is 27.4 Å². The first-order valence-electron chi connectivity index (χ1n) is 7.87. The van der Waals surface area contributed by atoms with Gasteiger partial charge in [-0.3, -0.25) is 0 Å². The lowest BCUT2D eigenvalue weighted by Crippen LogP contribution is -2.41. The average Bonchev–Trinajstić information content (AvgIpc) is 3.15. The molecule has 3 atom stereocenters. The zero-order valence-electron chi connectivity index (χ0n) is 12.2. The lowest BCUT2D eigenvalue weighted by atomic mass is 9.78. The molecule has 4 nitrogen and oxygen atoms in total. The lowest BCUT2D eigenvalue weighted by Gasteiger charge is -2.34. The zero-order chi connectivity index (χ0) is 13.2. The molecule has 0 radical (unpaired) electrons. The van der Waals surface area contributed by atoms with Crippen molar-refractivity contribution < 1.29 is 0 Å². The summed E-state index contributed by atoms with van der Waals surface area (Å²) in [6.45, 7) is 6.84. The second-order valence-corrected chi connectivity index (χ2v) is 6.48. The van der Waals surface area contributed by atoms with Gasteiger partial charge in [0.2, 0.25) is 0 Å². The molecule has 1 N–H and O–H groups in total. The van der Waals surface area contributed by atoms with Crippen LogP contribution in [0.25, 0.3) is 0 Å². The molecule has 19 heavy (non-hydrogen) atoms. The van der Waals surface area contributed by atoms with Crippen LogP contribution in [0.1, 0.15) is 57.7 Å². The molecule has 0 bridgehead atoms. The smallest absolute Gasteiger partial charge is 0.135 e. The first-order valence-corrected chi connectivity index (χ1v) is 7.87. The minimum Gasteiger partial charge on any atom is -0.316 e. The summed E-state index contributed by atoms with van der Waals surface area (Å²) in [6.07, 6.45) is 8.59. The monoisotopic (exact) mass is 262 g/mol. The highest BCUT2D eigenvalue weighted by Gasteiger charge is 2.29. The maximum Gasteiger partial charge on any atom is 0.135 e. The summed E-state index contributed by atoms with van der Waals surface area (Å²) in [6, 6.07) is 0.699. The second kappa shape index (κ2) is 5.61. The Kier molecular flexibility index (Phi) is 3.87. The highest BCUT2D eigenvalue weighted by molar-refractivity contribution is 5.04. The van der Waals surface area contributed by atoms with Gasteiger partial charge in [-0.1, -0.05) is 26.7 Å². The molecule has 4 heteroatoms. The Morgan fingerprint density at radius 3 is 2.89 bits per heavy atom. The van der Waals surface area contributed by atoms with Crippen molar-refractivity contribution in [1.82, 2.24) is 20.1 Å². The fourth-order valence-electron chi connectivity index (χ4n) is 3.33. The van der Waals surface area contributed by atoms with Crippen LogP contribution in [0.5, 0.6) is 0 Å². The van der Waals surface area contributed by atoms with Crippen LogP contribution in [0, 0.1) is 11.8 Å². The van der Waals surface area contributed by atoms with Crippen molar-refractivity contribution in [3.8, 4) is 0 Å². The van der Waals surface area contributed by atoms with E-state index in [0.717, 1.165) is 24.9 Å². The Bertz CT molecular complexity index is 410. The Morgan fingerprint density at radius 1 is 1.26 bits per heavy atom. The summed E-state index contributed by atoms with van der Waals surface area (Å²) in [7, 11) is 0. The Labute approximate surface area is 116 Å². The number of hydrogen-bond donors (Lipinski definition) is 1. The van der Waals surface area contributed by atoms with Gasteiger partial charge in [0.25, 0.3) is 0 Å². The van der Waals surface area contributed by atoms with Gasteiger partial charge in [0.15, 0.2) is 0 Å². The summed E-state index contributed by atoms with van der Waals surface area (Å²) in [5, 5.41) is 12.1. The normalized spacial score (nSPS) is 31.6. The van der Waals surface area contributed by atoms with Crippen LogP contribution in [-0.2, 0) is 6.54 Å². The van der Waals surface area contributed by atoms with Gasteiger partial charge in [-0.15, -0.1) is 10.2 Å². The van der Waals surface area contributed by atoms with E-state index < -0.39 is 0 Å². The molecule has 2 aliphatic rings. The second-order valence-electron chi connectivity index (χ2n) is 6.48. The van der Waals surface area contributed by atoms with E-state index in [9.17, 15) is 0 Å². The lowest BCUT2D eigenvalue weighted by molar-refractivity contribution is 0.206. The fraction of sp³-hybridized carbons (Fsp3) is 0.867. The van der Waals surface area contributed by atoms with Gasteiger partial charge in [-0.2, -0.15) is 0 Å². The summed E-state index contributed by atoms with van der Waals surface area (Å²) in [5.74, 6) is 3.56. The molecule has 0 saturated heterocycles. The summed E-state index contributed by atoms with van der Waals surface area (Å²) in [4.78, 5) is 0. The van der Waals surface area contributed by atoms with E-state index in [1.54, 1.807) is 0 Å². The molecule has 1 heterocycles. The Balaban J connectivity index is 1.48. The average molecular weight is 262 g/mol. The number of hydrogen-bond acceptors (Lipinski definition) is 3. The van der Waals surface area contributed by atoms with Gasteiger partial charge in [-0.25, -0.2) is 0 Å². The Hall–Kier alpha value is -0.900. The third-order valence-corrected chi connectivity index (χ3v) is 5.05. The summed E-state index contributed by atoms with van der Waals surface area (Å²) >= 11 is 0. The summed E-state index contributed by atoms with van der Waals surface area (Å²) < 4.78 is 2.24. The van der Waals surface area contributed by atoms with Crippen molar-refractivity contribution in [3.63, 3.8) is 0 Å². The number of aromatic nitrogens is 3. The van der Waals surface area contributed by atoms with Crippen molar-refractivity contribution in [2.24, 2.45) is 11.8 Å². The van der Waals surface area contributed by atoms with Gasteiger partial charge in [0.05, 0.1) is 0 Å². The standard InChI is InChI=1S/C15H26N4/c1-11-4-3-5-14(12(11)2)16-8-9-19-10-17-18-15(19)13-6-7-13/h10-14,16H,3-9H2,1-2H3/t11-,12-,14-/m1/s1. The minimum absolute atomic E-state index is 0.691. The molecular weight excluding hydrogens is 236 g/mol. The predicted octanol–water partition coefficient (Wildman–Crippen LogP) is 2.57. The molecule has 0 spiro atoms. The molecule has 2 saturated carbocycles. The van der Waals surface area contributed by atoms with E-state index in [-0.39, 0.29) is 0 Å². The van der Waals surface area contributed by atoms with E-state index >= 15 is 0 Å². The molecule has 0 unspecified atom stereocenters. The molecule has 2 fully saturated rings. The Morgan fingerprint density at radius 2 is 2.11 bits per heavy atom. The van der Waals surface area contributed by atoms with Crippen molar-refractivity contribution in [2.75, 3.05) is 6.54 Å². The molecule has 3 rings (SSSR count). The third kappa shape index (κ3) is 2.99. The molecule has 0 aromatic carbocycles. The van der Waals surface area contributed by atoms with Crippen LogP contribution in [0.15, 0.2) is 6.33 Å². The van der Waals surface area contributed by atoms with Gasteiger partial charge in [0.1, 0.15) is 12.2 Å². The van der Waals surface area contributed by atoms with Crippen molar-refractivity contribution in [3.05, 3.63) is 12.2 Å². The van der Waals surface area contributed by atoms with Crippen molar-refractivity contribution >= 4 is 0 Å². The van der Waals surface area contributed by atoms with Gasteiger partial charge >= 0.3 is 0 Å². The SMILES string of the molecule is C[C@@H]1[C@H](C)CCC[C@H]1NCCn1cnnc1C1CC1. The van der Waals surface area contributed by atoms with Crippen molar-refractivity contribution in [1.29, 1.82) is 0 Å². The van der Waals surface area contributed by atoms with Gasteiger partial charge in [-0.05, 0) is 31.1 Å². The van der Waals surface area contributed by atoms with Crippen LogP contribution < -0.4 is 5.32 Å². The molecule has 0 amide bonds. The van der Waals surface area contributed by atoms with Gasteiger partial charge < -0.3 is 9.88 Å². The maximum atomic E-state index is 4.26. The predicted molar refractivity (Wildman–Crippen MR) is 76.0 cm³/mol. The molecule has 1 aromatic rings. The van der Waals surface area contributed by atoms with Gasteiger partial charge in [0, 0.05) is 25.0 Å². The maximum absolute atomic E-state index is 4.26. The van der Waals surface area contributed by atoms with E-state index in [2.05, 4.69) is 33.9 Å². The van der Waals surface area contributed by atoms with E-state index in [4.69, 9.17) is 0 Å².